The zero-order valence-corrected chi connectivity index (χ0v) is 18.9. The summed E-state index contributed by atoms with van der Waals surface area (Å²) in [5.41, 5.74) is 3.89. The van der Waals surface area contributed by atoms with E-state index in [0.29, 0.717) is 5.69 Å². The van der Waals surface area contributed by atoms with Crippen LogP contribution in [0.3, 0.4) is 0 Å². The quantitative estimate of drug-likeness (QED) is 0.546. The molecule has 6 nitrogen and oxygen atoms in total. The Labute approximate surface area is 183 Å². The van der Waals surface area contributed by atoms with E-state index >= 15 is 0 Å². The normalized spacial score (nSPS) is 12.1. The maximum absolute atomic E-state index is 11.0. The molecule has 162 valence electrons. The van der Waals surface area contributed by atoms with Crippen molar-refractivity contribution < 1.29 is 14.6 Å². The molecular formula is C25H29N3O3. The van der Waals surface area contributed by atoms with Crippen LogP contribution in [0.25, 0.3) is 0 Å². The molecule has 0 fully saturated rings. The smallest absolute Gasteiger partial charge is 0.449 e. The fourth-order valence-corrected chi connectivity index (χ4v) is 3.25. The van der Waals surface area contributed by atoms with Crippen LogP contribution in [-0.4, -0.2) is 26.2 Å². The lowest BCUT2D eigenvalue weighted by atomic mass is 9.88. The molecule has 0 amide bonds. The summed E-state index contributed by atoms with van der Waals surface area (Å²) in [6.45, 7) is 12.7. The Kier molecular flexibility index (Phi) is 6.11. The first-order chi connectivity index (χ1) is 14.4. The van der Waals surface area contributed by atoms with Crippen molar-refractivity contribution in [3.63, 3.8) is 0 Å². The van der Waals surface area contributed by atoms with E-state index in [-0.39, 0.29) is 22.6 Å². The highest BCUT2D eigenvalue weighted by Crippen LogP contribution is 2.32. The summed E-state index contributed by atoms with van der Waals surface area (Å²) in [6, 6.07) is 17.0. The Morgan fingerprint density at radius 1 is 0.742 bits per heavy atom. The van der Waals surface area contributed by atoms with Gasteiger partial charge < -0.3 is 9.84 Å². The van der Waals surface area contributed by atoms with Gasteiger partial charge in [-0.3, -0.25) is 9.97 Å². The molecule has 0 saturated carbocycles. The van der Waals surface area contributed by atoms with Crippen LogP contribution >= 0.6 is 0 Å². The first kappa shape index (κ1) is 22.4. The van der Waals surface area contributed by atoms with Crippen molar-refractivity contribution in [2.75, 3.05) is 0 Å². The van der Waals surface area contributed by atoms with Crippen LogP contribution in [0.15, 0.2) is 54.6 Å². The Hall–Kier alpha value is -3.28. The van der Waals surface area contributed by atoms with Crippen LogP contribution in [-0.2, 0) is 10.8 Å². The van der Waals surface area contributed by atoms with Gasteiger partial charge in [-0.25, -0.2) is 9.78 Å². The SMILES string of the molecule is CC(C)(C)c1cccc(C(c2cccc(OC(=O)O)n2)c2cccc(C(C)(C)C)n2)n1. The molecule has 3 aromatic rings. The molecular weight excluding hydrogens is 390 g/mol. The molecule has 0 saturated heterocycles. The lowest BCUT2D eigenvalue weighted by Gasteiger charge is -2.23. The molecule has 1 N–H and O–H groups in total. The molecule has 0 unspecified atom stereocenters. The molecule has 0 aliphatic rings. The summed E-state index contributed by atoms with van der Waals surface area (Å²) < 4.78 is 4.80. The van der Waals surface area contributed by atoms with Gasteiger partial charge in [-0.1, -0.05) is 59.7 Å². The summed E-state index contributed by atoms with van der Waals surface area (Å²) in [6.07, 6.45) is -1.40. The maximum atomic E-state index is 11.0. The molecule has 0 radical (unpaired) electrons. The van der Waals surface area contributed by atoms with Crippen molar-refractivity contribution in [1.29, 1.82) is 0 Å². The number of carboxylic acid groups (broad SMARTS) is 1. The Balaban J connectivity index is 2.20. The highest BCUT2D eigenvalue weighted by atomic mass is 16.7. The number of carbonyl (C=O) groups is 1. The van der Waals surface area contributed by atoms with E-state index in [2.05, 4.69) is 46.5 Å². The van der Waals surface area contributed by atoms with Crippen LogP contribution < -0.4 is 4.74 Å². The van der Waals surface area contributed by atoms with Gasteiger partial charge in [-0.15, -0.1) is 0 Å². The van der Waals surface area contributed by atoms with E-state index in [0.717, 1.165) is 22.8 Å². The topological polar surface area (TPSA) is 85.2 Å². The van der Waals surface area contributed by atoms with Gasteiger partial charge in [0, 0.05) is 28.3 Å². The minimum Gasteiger partial charge on any atom is -0.449 e. The van der Waals surface area contributed by atoms with E-state index in [1.165, 1.54) is 6.07 Å². The molecule has 0 spiro atoms. The van der Waals surface area contributed by atoms with Gasteiger partial charge in [-0.05, 0) is 30.3 Å². The minimum absolute atomic E-state index is 0.0222. The molecule has 3 heterocycles. The van der Waals surface area contributed by atoms with Gasteiger partial charge in [0.1, 0.15) is 0 Å². The highest BCUT2D eigenvalue weighted by molar-refractivity contribution is 5.60. The fraction of sp³-hybridized carbons (Fsp3) is 0.360. The average molecular weight is 420 g/mol. The van der Waals surface area contributed by atoms with Crippen molar-refractivity contribution in [2.45, 2.75) is 58.3 Å². The number of aromatic nitrogens is 3. The minimum atomic E-state index is -1.40. The molecule has 0 aliphatic carbocycles. The van der Waals surface area contributed by atoms with E-state index in [9.17, 15) is 4.79 Å². The lowest BCUT2D eigenvalue weighted by molar-refractivity contribution is 0.142. The first-order valence-corrected chi connectivity index (χ1v) is 10.3. The second kappa shape index (κ2) is 8.46. The molecule has 0 bridgehead atoms. The van der Waals surface area contributed by atoms with Gasteiger partial charge >= 0.3 is 6.16 Å². The number of pyridine rings is 3. The molecule has 0 aliphatic heterocycles. The number of hydrogen-bond donors (Lipinski definition) is 1. The van der Waals surface area contributed by atoms with Gasteiger partial charge in [0.05, 0.1) is 23.0 Å². The summed E-state index contributed by atoms with van der Waals surface area (Å²) in [4.78, 5) is 25.4. The van der Waals surface area contributed by atoms with Crippen molar-refractivity contribution in [1.82, 2.24) is 15.0 Å². The van der Waals surface area contributed by atoms with Crippen molar-refractivity contribution >= 4 is 6.16 Å². The standard InChI is InChI=1S/C25H29N3O3/c1-24(2,3)19-13-7-10-16(26-19)22(17-11-8-14-20(27-17)25(4,5)6)18-12-9-15-21(28-18)31-23(29)30/h7-15,22H,1-6H3,(H,29,30). The van der Waals surface area contributed by atoms with Crippen molar-refractivity contribution in [3.8, 4) is 5.88 Å². The summed E-state index contributed by atoms with van der Waals surface area (Å²) in [5, 5.41) is 9.00. The molecule has 3 aromatic heterocycles. The zero-order chi connectivity index (χ0) is 22.8. The molecule has 31 heavy (non-hydrogen) atoms. The lowest BCUT2D eigenvalue weighted by Crippen LogP contribution is -2.19. The van der Waals surface area contributed by atoms with E-state index in [4.69, 9.17) is 19.8 Å². The molecule has 6 heteroatoms. The van der Waals surface area contributed by atoms with Gasteiger partial charge in [0.15, 0.2) is 0 Å². The Morgan fingerprint density at radius 3 is 1.58 bits per heavy atom. The second-order valence-corrected chi connectivity index (χ2v) is 9.60. The van der Waals surface area contributed by atoms with Crippen LogP contribution in [0.1, 0.15) is 75.9 Å². The Bertz CT molecular complexity index is 1020. The fourth-order valence-electron chi connectivity index (χ4n) is 3.25. The summed E-state index contributed by atoms with van der Waals surface area (Å²) >= 11 is 0. The van der Waals surface area contributed by atoms with Crippen molar-refractivity contribution in [3.05, 3.63) is 83.1 Å². The zero-order valence-electron chi connectivity index (χ0n) is 18.9. The monoisotopic (exact) mass is 419 g/mol. The molecule has 0 aromatic carbocycles. The van der Waals surface area contributed by atoms with Gasteiger partial charge in [0.25, 0.3) is 0 Å². The third-order valence-corrected chi connectivity index (χ3v) is 4.90. The van der Waals surface area contributed by atoms with Crippen LogP contribution in [0.4, 0.5) is 4.79 Å². The van der Waals surface area contributed by atoms with E-state index in [1.807, 2.05) is 42.5 Å². The van der Waals surface area contributed by atoms with E-state index < -0.39 is 6.16 Å². The number of nitrogens with zero attached hydrogens (tertiary/aromatic N) is 3. The molecule has 0 atom stereocenters. The third-order valence-electron chi connectivity index (χ3n) is 4.90. The number of rotatable bonds is 4. The van der Waals surface area contributed by atoms with Crippen molar-refractivity contribution in [2.24, 2.45) is 0 Å². The summed E-state index contributed by atoms with van der Waals surface area (Å²) in [7, 11) is 0. The largest absolute Gasteiger partial charge is 0.512 e. The van der Waals surface area contributed by atoms with Gasteiger partial charge in [0.2, 0.25) is 5.88 Å². The van der Waals surface area contributed by atoms with E-state index in [1.54, 1.807) is 6.07 Å². The first-order valence-electron chi connectivity index (χ1n) is 10.3. The van der Waals surface area contributed by atoms with Crippen LogP contribution in [0.2, 0.25) is 0 Å². The third kappa shape index (κ3) is 5.45. The second-order valence-electron chi connectivity index (χ2n) is 9.60. The maximum Gasteiger partial charge on any atom is 0.512 e. The highest BCUT2D eigenvalue weighted by Gasteiger charge is 2.26. The average Bonchev–Trinajstić information content (AvgIpc) is 2.67. The van der Waals surface area contributed by atoms with Crippen LogP contribution in [0, 0.1) is 0 Å². The molecule has 3 rings (SSSR count). The Morgan fingerprint density at radius 2 is 1.16 bits per heavy atom. The number of hydrogen-bond acceptors (Lipinski definition) is 5. The predicted octanol–water partition coefficient (Wildman–Crippen LogP) is 5.70. The van der Waals surface area contributed by atoms with Crippen LogP contribution in [0.5, 0.6) is 5.88 Å². The number of ether oxygens (including phenoxy) is 1. The summed E-state index contributed by atoms with van der Waals surface area (Å²) in [5.74, 6) is -0.351. The van der Waals surface area contributed by atoms with Gasteiger partial charge in [-0.2, -0.15) is 0 Å². The predicted molar refractivity (Wildman–Crippen MR) is 120 cm³/mol.